The van der Waals surface area contributed by atoms with Crippen LogP contribution in [0.4, 0.5) is 0 Å². The number of methoxy groups -OCH3 is 1. The van der Waals surface area contributed by atoms with Crippen LogP contribution in [-0.4, -0.2) is 27.3 Å². The molecule has 2 rings (SSSR count). The van der Waals surface area contributed by atoms with Gasteiger partial charge in [-0.2, -0.15) is 0 Å². The van der Waals surface area contributed by atoms with Gasteiger partial charge in [0.15, 0.2) is 5.76 Å². The summed E-state index contributed by atoms with van der Waals surface area (Å²) in [6, 6.07) is 1.82. The lowest BCUT2D eigenvalue weighted by Crippen LogP contribution is -2.00. The fourth-order valence-corrected chi connectivity index (χ4v) is 1.41. The van der Waals surface area contributed by atoms with Crippen LogP contribution in [0.2, 0.25) is 0 Å². The molecule has 0 aromatic carbocycles. The Morgan fingerprint density at radius 1 is 1.50 bits per heavy atom. The van der Waals surface area contributed by atoms with E-state index in [1.807, 2.05) is 6.07 Å². The van der Waals surface area contributed by atoms with Crippen LogP contribution in [0.3, 0.4) is 0 Å². The molecule has 0 aliphatic heterocycles. The minimum atomic E-state index is 0.355. The number of aromatic nitrogens is 4. The molecule has 2 aromatic heterocycles. The number of ether oxygens (including phenoxy) is 1. The molecule has 0 radical (unpaired) electrons. The number of halogens is 1. The van der Waals surface area contributed by atoms with Crippen LogP contribution in [-0.2, 0) is 23.8 Å². The van der Waals surface area contributed by atoms with E-state index in [1.54, 1.807) is 18.0 Å². The molecule has 7 heteroatoms. The van der Waals surface area contributed by atoms with Crippen molar-refractivity contribution in [3.63, 3.8) is 0 Å². The number of alkyl halides is 1. The van der Waals surface area contributed by atoms with E-state index in [0.717, 1.165) is 11.4 Å². The number of rotatable bonds is 5. The summed E-state index contributed by atoms with van der Waals surface area (Å²) in [6.07, 6.45) is 1.78. The topological polar surface area (TPSA) is 66.0 Å². The summed E-state index contributed by atoms with van der Waals surface area (Å²) in [5.41, 5.74) is 1.51. The van der Waals surface area contributed by atoms with Crippen LogP contribution in [0.15, 0.2) is 16.8 Å². The van der Waals surface area contributed by atoms with Gasteiger partial charge in [-0.05, 0) is 0 Å². The lowest BCUT2D eigenvalue weighted by Gasteiger charge is -1.92. The molecule has 2 heterocycles. The first-order valence-corrected chi connectivity index (χ1v) is 5.23. The Balaban J connectivity index is 2.02. The third kappa shape index (κ3) is 2.59. The summed E-state index contributed by atoms with van der Waals surface area (Å²) in [5.74, 6) is 1.04. The zero-order chi connectivity index (χ0) is 11.4. The molecule has 86 valence electrons. The maximum absolute atomic E-state index is 5.62. The first-order chi connectivity index (χ1) is 7.81. The Kier molecular flexibility index (Phi) is 3.53. The molecular formula is C9H11ClN4O2. The summed E-state index contributed by atoms with van der Waals surface area (Å²) in [4.78, 5) is 0. The largest absolute Gasteiger partial charge is 0.377 e. The summed E-state index contributed by atoms with van der Waals surface area (Å²) < 4.78 is 11.6. The second-order valence-electron chi connectivity index (χ2n) is 3.26. The normalized spacial score (nSPS) is 10.9. The minimum Gasteiger partial charge on any atom is -0.377 e. The molecule has 16 heavy (non-hydrogen) atoms. The molecule has 0 unspecified atom stereocenters. The highest BCUT2D eigenvalue weighted by molar-refractivity contribution is 6.16. The van der Waals surface area contributed by atoms with Gasteiger partial charge >= 0.3 is 0 Å². The zero-order valence-electron chi connectivity index (χ0n) is 8.76. The molecule has 6 nitrogen and oxygen atoms in total. The molecule has 2 aromatic rings. The zero-order valence-corrected chi connectivity index (χ0v) is 9.52. The van der Waals surface area contributed by atoms with Crippen LogP contribution in [0.5, 0.6) is 0 Å². The Morgan fingerprint density at radius 2 is 2.38 bits per heavy atom. The van der Waals surface area contributed by atoms with Gasteiger partial charge in [-0.3, -0.25) is 0 Å². The van der Waals surface area contributed by atoms with E-state index >= 15 is 0 Å². The van der Waals surface area contributed by atoms with E-state index in [4.69, 9.17) is 20.9 Å². The molecule has 0 atom stereocenters. The second kappa shape index (κ2) is 5.09. The van der Waals surface area contributed by atoms with E-state index in [9.17, 15) is 0 Å². The van der Waals surface area contributed by atoms with E-state index in [2.05, 4.69) is 15.5 Å². The quantitative estimate of drug-likeness (QED) is 0.737. The lowest BCUT2D eigenvalue weighted by molar-refractivity contribution is 0.155. The average Bonchev–Trinajstić information content (AvgIpc) is 2.89. The van der Waals surface area contributed by atoms with Crippen LogP contribution < -0.4 is 0 Å². The van der Waals surface area contributed by atoms with Gasteiger partial charge < -0.3 is 9.26 Å². The third-order valence-corrected chi connectivity index (χ3v) is 2.22. The second-order valence-corrected chi connectivity index (χ2v) is 3.53. The molecule has 0 N–H and O–H groups in total. The first kappa shape index (κ1) is 11.1. The lowest BCUT2D eigenvalue weighted by atomic mass is 10.3. The van der Waals surface area contributed by atoms with Crippen molar-refractivity contribution in [3.05, 3.63) is 29.4 Å². The van der Waals surface area contributed by atoms with Gasteiger partial charge in [0.1, 0.15) is 12.3 Å². The summed E-state index contributed by atoms with van der Waals surface area (Å²) in [6.45, 7) is 0.925. The van der Waals surface area contributed by atoms with Gasteiger partial charge in [0.05, 0.1) is 24.3 Å². The number of nitrogens with zero attached hydrogens (tertiary/aromatic N) is 4. The molecular weight excluding hydrogens is 232 g/mol. The van der Waals surface area contributed by atoms with Gasteiger partial charge in [0.2, 0.25) is 0 Å². The van der Waals surface area contributed by atoms with Crippen molar-refractivity contribution >= 4 is 11.6 Å². The SMILES string of the molecule is COCc1cc(Cn2cc(CCl)nn2)no1. The highest BCUT2D eigenvalue weighted by Crippen LogP contribution is 2.06. The smallest absolute Gasteiger partial charge is 0.162 e. The molecule has 0 amide bonds. The van der Waals surface area contributed by atoms with Crippen molar-refractivity contribution in [3.8, 4) is 0 Å². The van der Waals surface area contributed by atoms with E-state index < -0.39 is 0 Å². The predicted octanol–water partition coefficient (Wildman–Crippen LogP) is 1.20. The standard InChI is InChI=1S/C9H11ClN4O2/c1-15-6-9-2-7(12-16-9)4-14-5-8(3-10)11-13-14/h2,5H,3-4,6H2,1H3. The van der Waals surface area contributed by atoms with Crippen molar-refractivity contribution < 1.29 is 9.26 Å². The summed E-state index contributed by atoms with van der Waals surface area (Å²) >= 11 is 5.62. The van der Waals surface area contributed by atoms with Crippen molar-refractivity contribution in [1.29, 1.82) is 0 Å². The van der Waals surface area contributed by atoms with Crippen LogP contribution in [0.25, 0.3) is 0 Å². The molecule has 0 spiro atoms. The van der Waals surface area contributed by atoms with Crippen LogP contribution >= 0.6 is 11.6 Å². The number of hydrogen-bond acceptors (Lipinski definition) is 5. The van der Waals surface area contributed by atoms with Crippen LogP contribution in [0, 0.1) is 0 Å². The number of hydrogen-bond donors (Lipinski definition) is 0. The van der Waals surface area contributed by atoms with E-state index in [0.29, 0.717) is 24.8 Å². The highest BCUT2D eigenvalue weighted by atomic mass is 35.5. The fraction of sp³-hybridized carbons (Fsp3) is 0.444. The Bertz CT molecular complexity index is 454. The summed E-state index contributed by atoms with van der Waals surface area (Å²) in [5, 5.41) is 11.7. The van der Waals surface area contributed by atoms with Gasteiger partial charge in [0.25, 0.3) is 0 Å². The maximum atomic E-state index is 5.62. The molecule has 0 aliphatic rings. The molecule has 0 aliphatic carbocycles. The summed E-state index contributed by atoms with van der Waals surface area (Å²) in [7, 11) is 1.60. The third-order valence-electron chi connectivity index (χ3n) is 1.94. The molecule has 0 bridgehead atoms. The van der Waals surface area contributed by atoms with Crippen molar-refractivity contribution in [2.45, 2.75) is 19.0 Å². The Morgan fingerprint density at radius 3 is 3.06 bits per heavy atom. The van der Waals surface area contributed by atoms with Gasteiger partial charge in [-0.1, -0.05) is 10.4 Å². The first-order valence-electron chi connectivity index (χ1n) is 4.70. The molecule has 0 saturated carbocycles. The maximum Gasteiger partial charge on any atom is 0.162 e. The van der Waals surface area contributed by atoms with Crippen molar-refractivity contribution in [2.24, 2.45) is 0 Å². The monoisotopic (exact) mass is 242 g/mol. The highest BCUT2D eigenvalue weighted by Gasteiger charge is 2.06. The van der Waals surface area contributed by atoms with Gasteiger partial charge in [-0.15, -0.1) is 16.7 Å². The van der Waals surface area contributed by atoms with Crippen molar-refractivity contribution in [2.75, 3.05) is 7.11 Å². The van der Waals surface area contributed by atoms with E-state index in [1.165, 1.54) is 0 Å². The fourth-order valence-electron chi connectivity index (χ4n) is 1.28. The van der Waals surface area contributed by atoms with Crippen LogP contribution in [0.1, 0.15) is 17.1 Å². The Labute approximate surface area is 97.1 Å². The minimum absolute atomic E-state index is 0.355. The molecule has 0 fully saturated rings. The van der Waals surface area contributed by atoms with Crippen molar-refractivity contribution in [1.82, 2.24) is 20.2 Å². The predicted molar refractivity (Wildman–Crippen MR) is 55.9 cm³/mol. The average molecular weight is 243 g/mol. The molecule has 0 saturated heterocycles. The van der Waals surface area contributed by atoms with E-state index in [-0.39, 0.29) is 0 Å². The Hall–Kier alpha value is -1.40. The van der Waals surface area contributed by atoms with Gasteiger partial charge in [0, 0.05) is 13.2 Å². The van der Waals surface area contributed by atoms with Gasteiger partial charge in [-0.25, -0.2) is 4.68 Å².